The zero-order chi connectivity index (χ0) is 16.1. The molecule has 22 heavy (non-hydrogen) atoms. The third-order valence-electron chi connectivity index (χ3n) is 3.01. The van der Waals surface area contributed by atoms with Gasteiger partial charge < -0.3 is 10.4 Å². The lowest BCUT2D eigenvalue weighted by Gasteiger charge is -2.07. The molecule has 6 nitrogen and oxygen atoms in total. The van der Waals surface area contributed by atoms with E-state index in [1.54, 1.807) is 24.3 Å². The Morgan fingerprint density at radius 3 is 2.50 bits per heavy atom. The Kier molecular flexibility index (Phi) is 4.80. The number of nitrogens with zero attached hydrogens (tertiary/aromatic N) is 1. The van der Waals surface area contributed by atoms with E-state index in [0.29, 0.717) is 18.2 Å². The van der Waals surface area contributed by atoms with Gasteiger partial charge in [0.05, 0.1) is 11.0 Å². The molecule has 114 valence electrons. The maximum Gasteiger partial charge on any atom is 0.285 e. The second-order valence-electron chi connectivity index (χ2n) is 4.54. The highest BCUT2D eigenvalue weighted by Gasteiger charge is 2.21. The van der Waals surface area contributed by atoms with Crippen LogP contribution in [0.2, 0.25) is 0 Å². The molecule has 2 aromatic carbocycles. The molecule has 2 rings (SSSR count). The van der Waals surface area contributed by atoms with E-state index in [9.17, 15) is 19.3 Å². The van der Waals surface area contributed by atoms with Crippen LogP contribution in [0, 0.1) is 15.9 Å². The van der Waals surface area contributed by atoms with Crippen molar-refractivity contribution in [3.8, 4) is 0 Å². The Morgan fingerprint density at radius 2 is 1.91 bits per heavy atom. The number of hydrogen-bond donors (Lipinski definition) is 2. The van der Waals surface area contributed by atoms with Crippen LogP contribution in [0.5, 0.6) is 0 Å². The molecule has 0 fully saturated rings. The predicted octanol–water partition coefficient (Wildman–Crippen LogP) is 2.52. The molecule has 0 atom stereocenters. The molecule has 2 aromatic rings. The van der Waals surface area contributed by atoms with E-state index in [-0.39, 0.29) is 12.2 Å². The number of carbonyl (C=O) groups excluding carboxylic acids is 1. The van der Waals surface area contributed by atoms with Crippen molar-refractivity contribution < 1.29 is 19.2 Å². The van der Waals surface area contributed by atoms with Crippen LogP contribution in [0.15, 0.2) is 42.5 Å². The van der Waals surface area contributed by atoms with Crippen LogP contribution in [0.4, 0.5) is 15.8 Å². The Balaban J connectivity index is 2.20. The van der Waals surface area contributed by atoms with Crippen molar-refractivity contribution >= 4 is 17.3 Å². The van der Waals surface area contributed by atoms with Gasteiger partial charge in [0.25, 0.3) is 11.6 Å². The minimum atomic E-state index is -0.803. The number of nitro groups is 1. The van der Waals surface area contributed by atoms with Gasteiger partial charge in [-0.05, 0) is 36.2 Å². The normalized spacial score (nSPS) is 10.3. The number of hydrogen-bond acceptors (Lipinski definition) is 4. The van der Waals surface area contributed by atoms with Crippen LogP contribution in [-0.4, -0.2) is 22.5 Å². The van der Waals surface area contributed by atoms with Crippen molar-refractivity contribution in [2.24, 2.45) is 0 Å². The van der Waals surface area contributed by atoms with Gasteiger partial charge in [0.15, 0.2) is 0 Å². The molecule has 0 bridgehead atoms. The number of benzene rings is 2. The maximum absolute atomic E-state index is 13.1. The van der Waals surface area contributed by atoms with Crippen LogP contribution < -0.4 is 5.32 Å². The standard InChI is InChI=1S/C15H13FN2O4/c16-11-3-6-13(14(9-11)18(21)22)15(20)17-12-4-1-10(2-5-12)7-8-19/h1-6,9,19H,7-8H2,(H,17,20). The van der Waals surface area contributed by atoms with E-state index in [2.05, 4.69) is 5.32 Å². The van der Waals surface area contributed by atoms with Crippen molar-refractivity contribution in [2.45, 2.75) is 6.42 Å². The van der Waals surface area contributed by atoms with E-state index in [1.807, 2.05) is 0 Å². The third-order valence-corrected chi connectivity index (χ3v) is 3.01. The van der Waals surface area contributed by atoms with E-state index in [1.165, 1.54) is 0 Å². The summed E-state index contributed by atoms with van der Waals surface area (Å²) in [5, 5.41) is 22.2. The van der Waals surface area contributed by atoms with E-state index in [4.69, 9.17) is 5.11 Å². The predicted molar refractivity (Wildman–Crippen MR) is 78.2 cm³/mol. The highest BCUT2D eigenvalue weighted by molar-refractivity contribution is 6.07. The molecule has 0 spiro atoms. The average Bonchev–Trinajstić information content (AvgIpc) is 2.49. The molecular formula is C15H13FN2O4. The Labute approximate surface area is 125 Å². The van der Waals surface area contributed by atoms with Crippen molar-refractivity contribution in [3.05, 3.63) is 69.5 Å². The number of nitrogens with one attached hydrogen (secondary N) is 1. The van der Waals surface area contributed by atoms with Crippen LogP contribution in [0.25, 0.3) is 0 Å². The number of nitro benzene ring substituents is 1. The van der Waals surface area contributed by atoms with Crippen molar-refractivity contribution in [1.29, 1.82) is 0 Å². The summed E-state index contributed by atoms with van der Waals surface area (Å²) in [5.41, 5.74) is 0.541. The lowest BCUT2D eigenvalue weighted by atomic mass is 10.1. The van der Waals surface area contributed by atoms with Crippen LogP contribution >= 0.6 is 0 Å². The zero-order valence-electron chi connectivity index (χ0n) is 11.5. The zero-order valence-corrected chi connectivity index (χ0v) is 11.5. The summed E-state index contributed by atoms with van der Waals surface area (Å²) >= 11 is 0. The molecule has 0 saturated carbocycles. The third kappa shape index (κ3) is 3.64. The lowest BCUT2D eigenvalue weighted by molar-refractivity contribution is -0.385. The molecule has 0 saturated heterocycles. The molecular weight excluding hydrogens is 291 g/mol. The first-order chi connectivity index (χ1) is 10.5. The topological polar surface area (TPSA) is 92.5 Å². The van der Waals surface area contributed by atoms with Gasteiger partial charge in [0.1, 0.15) is 11.4 Å². The first kappa shape index (κ1) is 15.6. The molecule has 1 amide bonds. The quantitative estimate of drug-likeness (QED) is 0.655. The van der Waals surface area contributed by atoms with Gasteiger partial charge in [-0.3, -0.25) is 14.9 Å². The van der Waals surface area contributed by atoms with E-state index >= 15 is 0 Å². The number of amides is 1. The monoisotopic (exact) mass is 304 g/mol. The second-order valence-corrected chi connectivity index (χ2v) is 4.54. The minimum Gasteiger partial charge on any atom is -0.396 e. The molecule has 0 aliphatic heterocycles. The first-order valence-corrected chi connectivity index (χ1v) is 6.46. The number of aliphatic hydroxyl groups excluding tert-OH is 1. The number of anilines is 1. The highest BCUT2D eigenvalue weighted by atomic mass is 19.1. The summed E-state index contributed by atoms with van der Waals surface area (Å²) in [6, 6.07) is 9.47. The van der Waals surface area contributed by atoms with Gasteiger partial charge in [0.2, 0.25) is 0 Å². The second kappa shape index (κ2) is 6.77. The van der Waals surface area contributed by atoms with E-state index < -0.39 is 22.3 Å². The Bertz CT molecular complexity index is 701. The van der Waals surface area contributed by atoms with Crippen LogP contribution in [0.3, 0.4) is 0 Å². The summed E-state index contributed by atoms with van der Waals surface area (Å²) in [7, 11) is 0. The van der Waals surface area contributed by atoms with Crippen molar-refractivity contribution in [2.75, 3.05) is 11.9 Å². The molecule has 2 N–H and O–H groups in total. The molecule has 0 aromatic heterocycles. The fraction of sp³-hybridized carbons (Fsp3) is 0.133. The van der Waals surface area contributed by atoms with Crippen LogP contribution in [-0.2, 0) is 6.42 Å². The largest absolute Gasteiger partial charge is 0.396 e. The number of carbonyl (C=O) groups is 1. The Morgan fingerprint density at radius 1 is 1.23 bits per heavy atom. The summed E-state index contributed by atoms with van der Waals surface area (Å²) in [5.74, 6) is -1.47. The van der Waals surface area contributed by atoms with Crippen molar-refractivity contribution in [1.82, 2.24) is 0 Å². The SMILES string of the molecule is O=C(Nc1ccc(CCO)cc1)c1ccc(F)cc1[N+](=O)[O-]. The highest BCUT2D eigenvalue weighted by Crippen LogP contribution is 2.21. The summed E-state index contributed by atoms with van der Waals surface area (Å²) in [6.45, 7) is 0.0213. The fourth-order valence-electron chi connectivity index (χ4n) is 1.93. The summed E-state index contributed by atoms with van der Waals surface area (Å²) < 4.78 is 13.1. The Hall–Kier alpha value is -2.80. The minimum absolute atomic E-state index is 0.0213. The number of aliphatic hydroxyl groups is 1. The average molecular weight is 304 g/mol. The van der Waals surface area contributed by atoms with Crippen LogP contribution in [0.1, 0.15) is 15.9 Å². The molecule has 0 heterocycles. The maximum atomic E-state index is 13.1. The smallest absolute Gasteiger partial charge is 0.285 e. The number of rotatable bonds is 5. The van der Waals surface area contributed by atoms with Gasteiger partial charge in [-0.15, -0.1) is 0 Å². The summed E-state index contributed by atoms with van der Waals surface area (Å²) in [4.78, 5) is 22.2. The van der Waals surface area contributed by atoms with Crippen molar-refractivity contribution in [3.63, 3.8) is 0 Å². The molecule has 0 radical (unpaired) electrons. The molecule has 7 heteroatoms. The van der Waals surface area contributed by atoms with Gasteiger partial charge in [-0.2, -0.15) is 0 Å². The van der Waals surface area contributed by atoms with Gasteiger partial charge in [-0.1, -0.05) is 12.1 Å². The van der Waals surface area contributed by atoms with Gasteiger partial charge >= 0.3 is 0 Å². The van der Waals surface area contributed by atoms with Gasteiger partial charge in [-0.25, -0.2) is 4.39 Å². The first-order valence-electron chi connectivity index (χ1n) is 6.46. The molecule has 0 aliphatic rings. The summed E-state index contributed by atoms with van der Waals surface area (Å²) in [6.07, 6.45) is 0.498. The molecule has 0 unspecified atom stereocenters. The molecule has 0 aliphatic carbocycles. The lowest BCUT2D eigenvalue weighted by Crippen LogP contribution is -2.14. The number of halogens is 1. The van der Waals surface area contributed by atoms with Gasteiger partial charge in [0, 0.05) is 12.3 Å². The van der Waals surface area contributed by atoms with E-state index in [0.717, 1.165) is 17.7 Å². The fourth-order valence-corrected chi connectivity index (χ4v) is 1.93.